The molecule has 2 fully saturated rings. The fourth-order valence-corrected chi connectivity index (χ4v) is 3.63. The van der Waals surface area contributed by atoms with E-state index in [1.807, 2.05) is 18.2 Å². The zero-order chi connectivity index (χ0) is 18.6. The molecule has 2 aliphatic rings. The van der Waals surface area contributed by atoms with Gasteiger partial charge in [0.05, 0.1) is 12.6 Å². The smallest absolute Gasteiger partial charge is 0.243 e. The average molecular weight is 358 g/mol. The first-order valence-corrected chi connectivity index (χ1v) is 9.38. The molecular weight excluding hydrogens is 328 g/mol. The van der Waals surface area contributed by atoms with Crippen molar-refractivity contribution in [3.63, 3.8) is 0 Å². The summed E-state index contributed by atoms with van der Waals surface area (Å²) >= 11 is 0. The highest BCUT2D eigenvalue weighted by molar-refractivity contribution is 5.85. The van der Waals surface area contributed by atoms with Gasteiger partial charge in [-0.15, -0.1) is 0 Å². The Morgan fingerprint density at radius 3 is 2.77 bits per heavy atom. The zero-order valence-electron chi connectivity index (χ0n) is 16.1. The second-order valence-electron chi connectivity index (χ2n) is 7.68. The molecule has 26 heavy (non-hydrogen) atoms. The molecule has 1 amide bonds. The minimum absolute atomic E-state index is 0.00905. The van der Waals surface area contributed by atoms with E-state index in [0.717, 1.165) is 45.1 Å². The van der Waals surface area contributed by atoms with E-state index in [2.05, 4.69) is 34.3 Å². The van der Waals surface area contributed by atoms with Crippen LogP contribution < -0.4 is 5.32 Å². The number of carbonyl (C=O) groups excluding carboxylic acids is 1. The number of likely N-dealkylation sites (N-methyl/N-ethyl adjacent to an activating group) is 1. The van der Waals surface area contributed by atoms with Gasteiger partial charge in [0.15, 0.2) is 5.96 Å². The first kappa shape index (κ1) is 18.7. The van der Waals surface area contributed by atoms with E-state index >= 15 is 0 Å². The Kier molecular flexibility index (Phi) is 5.81. The van der Waals surface area contributed by atoms with Crippen LogP contribution in [0.5, 0.6) is 0 Å². The number of ether oxygens (including phenoxy) is 1. The lowest BCUT2D eigenvalue weighted by atomic mass is 9.87. The number of carbonyl (C=O) groups is 1. The lowest BCUT2D eigenvalue weighted by Crippen LogP contribution is -2.43. The topological polar surface area (TPSA) is 57.2 Å². The predicted molar refractivity (Wildman–Crippen MR) is 103 cm³/mol. The van der Waals surface area contributed by atoms with E-state index in [0.29, 0.717) is 0 Å². The Morgan fingerprint density at radius 2 is 2.12 bits per heavy atom. The molecule has 0 saturated carbocycles. The summed E-state index contributed by atoms with van der Waals surface area (Å²) in [6.45, 7) is 5.87. The maximum Gasteiger partial charge on any atom is 0.243 e. The molecule has 0 aromatic heterocycles. The van der Waals surface area contributed by atoms with E-state index < -0.39 is 0 Å². The van der Waals surface area contributed by atoms with Gasteiger partial charge in [-0.1, -0.05) is 30.3 Å². The molecule has 2 aliphatic heterocycles. The number of hydrogen-bond donors (Lipinski definition) is 1. The number of aliphatic imine (C=N–C) groups is 1. The second-order valence-corrected chi connectivity index (χ2v) is 7.68. The molecule has 2 unspecified atom stereocenters. The summed E-state index contributed by atoms with van der Waals surface area (Å²) in [6, 6.07) is 10.4. The lowest BCUT2D eigenvalue weighted by molar-refractivity contribution is -0.127. The van der Waals surface area contributed by atoms with E-state index in [4.69, 9.17) is 4.74 Å². The molecule has 1 aromatic rings. The van der Waals surface area contributed by atoms with Gasteiger partial charge in [-0.3, -0.25) is 4.79 Å². The summed E-state index contributed by atoms with van der Waals surface area (Å²) in [4.78, 5) is 20.5. The van der Waals surface area contributed by atoms with Crippen molar-refractivity contribution in [3.05, 3.63) is 35.9 Å². The number of amides is 1. The quantitative estimate of drug-likeness (QED) is 0.660. The fourth-order valence-electron chi connectivity index (χ4n) is 3.63. The van der Waals surface area contributed by atoms with E-state index in [1.165, 1.54) is 5.56 Å². The van der Waals surface area contributed by atoms with Crippen molar-refractivity contribution < 1.29 is 9.53 Å². The van der Waals surface area contributed by atoms with Crippen molar-refractivity contribution in [1.82, 2.24) is 15.1 Å². The highest BCUT2D eigenvalue weighted by Crippen LogP contribution is 2.38. The lowest BCUT2D eigenvalue weighted by Gasteiger charge is -2.27. The summed E-state index contributed by atoms with van der Waals surface area (Å²) in [5, 5.41) is 3.54. The van der Waals surface area contributed by atoms with Crippen LogP contribution in [0.15, 0.2) is 35.3 Å². The molecule has 6 heteroatoms. The van der Waals surface area contributed by atoms with Crippen molar-refractivity contribution in [1.29, 1.82) is 0 Å². The Bertz CT molecular complexity index is 638. The standard InChI is InChI=1S/C20H30N4O2/c1-16(17-7-5-4-6-8-17)22-19(21-13-18(25)23(2)3)24-11-9-20(14-24)10-12-26-15-20/h4-8,16H,9-15H2,1-3H3,(H,21,22). The van der Waals surface area contributed by atoms with Crippen LogP contribution >= 0.6 is 0 Å². The van der Waals surface area contributed by atoms with Crippen molar-refractivity contribution in [2.24, 2.45) is 10.4 Å². The van der Waals surface area contributed by atoms with Gasteiger partial charge in [0, 0.05) is 39.2 Å². The number of hydrogen-bond acceptors (Lipinski definition) is 3. The molecular formula is C20H30N4O2. The normalized spacial score (nSPS) is 24.1. The molecule has 0 radical (unpaired) electrons. The Hall–Kier alpha value is -2.08. The van der Waals surface area contributed by atoms with Crippen LogP contribution in [0.25, 0.3) is 0 Å². The highest BCUT2D eigenvalue weighted by Gasteiger charge is 2.42. The van der Waals surface area contributed by atoms with Crippen molar-refractivity contribution in [3.8, 4) is 0 Å². The maximum absolute atomic E-state index is 12.0. The van der Waals surface area contributed by atoms with Gasteiger partial charge in [-0.2, -0.15) is 0 Å². The SMILES string of the molecule is CC(NC(=NCC(=O)N(C)C)N1CCC2(CCOC2)C1)c1ccccc1. The number of nitrogens with zero attached hydrogens (tertiary/aromatic N) is 3. The number of benzene rings is 1. The Labute approximate surface area is 156 Å². The summed E-state index contributed by atoms with van der Waals surface area (Å²) in [7, 11) is 3.52. The summed E-state index contributed by atoms with van der Waals surface area (Å²) in [5.41, 5.74) is 1.46. The fraction of sp³-hybridized carbons (Fsp3) is 0.600. The molecule has 0 aliphatic carbocycles. The van der Waals surface area contributed by atoms with Crippen LogP contribution in [-0.2, 0) is 9.53 Å². The molecule has 0 bridgehead atoms. The van der Waals surface area contributed by atoms with E-state index in [1.54, 1.807) is 19.0 Å². The number of guanidine groups is 1. The third kappa shape index (κ3) is 4.36. The van der Waals surface area contributed by atoms with Crippen LogP contribution in [0, 0.1) is 5.41 Å². The molecule has 1 N–H and O–H groups in total. The second kappa shape index (κ2) is 8.08. The van der Waals surface area contributed by atoms with Gasteiger partial charge in [0.2, 0.25) is 5.91 Å². The Balaban J connectivity index is 1.73. The third-order valence-corrected chi connectivity index (χ3v) is 5.43. The molecule has 6 nitrogen and oxygen atoms in total. The molecule has 2 heterocycles. The predicted octanol–water partition coefficient (Wildman–Crippen LogP) is 1.89. The van der Waals surface area contributed by atoms with Gasteiger partial charge in [0.25, 0.3) is 0 Å². The molecule has 2 atom stereocenters. The first-order valence-electron chi connectivity index (χ1n) is 9.38. The minimum atomic E-state index is 0.00905. The van der Waals surface area contributed by atoms with Gasteiger partial charge in [0.1, 0.15) is 6.54 Å². The Morgan fingerprint density at radius 1 is 1.35 bits per heavy atom. The zero-order valence-corrected chi connectivity index (χ0v) is 16.1. The van der Waals surface area contributed by atoms with Crippen molar-refractivity contribution in [2.45, 2.75) is 25.8 Å². The molecule has 142 valence electrons. The monoisotopic (exact) mass is 358 g/mol. The minimum Gasteiger partial charge on any atom is -0.381 e. The van der Waals surface area contributed by atoms with Gasteiger partial charge in [-0.05, 0) is 25.3 Å². The third-order valence-electron chi connectivity index (χ3n) is 5.43. The van der Waals surface area contributed by atoms with E-state index in [9.17, 15) is 4.79 Å². The van der Waals surface area contributed by atoms with Gasteiger partial charge < -0.3 is 19.9 Å². The summed E-state index contributed by atoms with van der Waals surface area (Å²) < 4.78 is 5.64. The molecule has 1 aromatic carbocycles. The van der Waals surface area contributed by atoms with Crippen molar-refractivity contribution >= 4 is 11.9 Å². The summed E-state index contributed by atoms with van der Waals surface area (Å²) in [5.74, 6) is 0.829. The van der Waals surface area contributed by atoms with E-state index in [-0.39, 0.29) is 23.9 Å². The van der Waals surface area contributed by atoms with Crippen LogP contribution in [0.4, 0.5) is 0 Å². The van der Waals surface area contributed by atoms with Crippen molar-refractivity contribution in [2.75, 3.05) is 46.9 Å². The molecule has 2 saturated heterocycles. The molecule has 3 rings (SSSR count). The van der Waals surface area contributed by atoms with Gasteiger partial charge >= 0.3 is 0 Å². The van der Waals surface area contributed by atoms with Crippen LogP contribution in [0.2, 0.25) is 0 Å². The number of likely N-dealkylation sites (tertiary alicyclic amines) is 1. The molecule has 1 spiro atoms. The van der Waals surface area contributed by atoms with Crippen LogP contribution in [0.3, 0.4) is 0 Å². The number of rotatable bonds is 4. The largest absolute Gasteiger partial charge is 0.381 e. The average Bonchev–Trinajstić information content (AvgIpc) is 3.29. The highest BCUT2D eigenvalue weighted by atomic mass is 16.5. The summed E-state index contributed by atoms with van der Waals surface area (Å²) in [6.07, 6.45) is 2.23. The van der Waals surface area contributed by atoms with Crippen LogP contribution in [0.1, 0.15) is 31.4 Å². The van der Waals surface area contributed by atoms with Crippen LogP contribution in [-0.4, -0.2) is 68.6 Å². The first-order chi connectivity index (χ1) is 12.5. The van der Waals surface area contributed by atoms with Gasteiger partial charge in [-0.25, -0.2) is 4.99 Å². The maximum atomic E-state index is 12.0. The number of nitrogens with one attached hydrogen (secondary N) is 1.